The number of methoxy groups -OCH3 is 1. The highest BCUT2D eigenvalue weighted by Crippen LogP contribution is 2.28. The normalized spacial score (nSPS) is 14.0. The number of esters is 1. The van der Waals surface area contributed by atoms with Crippen molar-refractivity contribution in [2.24, 2.45) is 0 Å². The second-order valence-corrected chi connectivity index (χ2v) is 6.12. The molecule has 0 saturated carbocycles. The van der Waals surface area contributed by atoms with Gasteiger partial charge in [-0.3, -0.25) is 4.79 Å². The number of rotatable bonds is 4. The van der Waals surface area contributed by atoms with Crippen LogP contribution in [0.2, 0.25) is 0 Å². The molecule has 2 aromatic carbocycles. The molecule has 25 heavy (non-hydrogen) atoms. The van der Waals surface area contributed by atoms with Crippen molar-refractivity contribution < 1.29 is 19.1 Å². The number of amides is 1. The van der Waals surface area contributed by atoms with Gasteiger partial charge in [0.25, 0.3) is 5.91 Å². The fourth-order valence-electron chi connectivity index (χ4n) is 3.04. The van der Waals surface area contributed by atoms with Gasteiger partial charge in [-0.2, -0.15) is 0 Å². The van der Waals surface area contributed by atoms with Gasteiger partial charge in [-0.15, -0.1) is 0 Å². The Kier molecular flexibility index (Phi) is 4.74. The zero-order valence-electron chi connectivity index (χ0n) is 14.6. The SMILES string of the molecule is COc1ccc(C)cc1C(=O)O[C@@H](C)C(=O)N1CCc2ccccc21. The Morgan fingerprint density at radius 2 is 1.92 bits per heavy atom. The second-order valence-electron chi connectivity index (χ2n) is 6.12. The van der Waals surface area contributed by atoms with Crippen LogP contribution in [0.1, 0.15) is 28.4 Å². The van der Waals surface area contributed by atoms with Crippen molar-refractivity contribution >= 4 is 17.6 Å². The van der Waals surface area contributed by atoms with Crippen LogP contribution in [0.5, 0.6) is 5.75 Å². The lowest BCUT2D eigenvalue weighted by Gasteiger charge is -2.22. The van der Waals surface area contributed by atoms with Crippen LogP contribution in [0.25, 0.3) is 0 Å². The molecule has 0 spiro atoms. The number of carbonyl (C=O) groups excluding carboxylic acids is 2. The number of hydrogen-bond acceptors (Lipinski definition) is 4. The summed E-state index contributed by atoms with van der Waals surface area (Å²) in [7, 11) is 1.50. The molecule has 5 nitrogen and oxygen atoms in total. The monoisotopic (exact) mass is 339 g/mol. The number of carbonyl (C=O) groups is 2. The summed E-state index contributed by atoms with van der Waals surface area (Å²) in [5, 5.41) is 0. The van der Waals surface area contributed by atoms with Gasteiger partial charge in [0, 0.05) is 12.2 Å². The largest absolute Gasteiger partial charge is 0.496 e. The number of hydrogen-bond donors (Lipinski definition) is 0. The Bertz CT molecular complexity index is 815. The third-order valence-corrected chi connectivity index (χ3v) is 4.36. The van der Waals surface area contributed by atoms with Crippen LogP contribution in [-0.4, -0.2) is 31.6 Å². The van der Waals surface area contributed by atoms with Gasteiger partial charge in [0.15, 0.2) is 6.10 Å². The molecule has 2 aromatic rings. The van der Waals surface area contributed by atoms with Crippen LogP contribution < -0.4 is 9.64 Å². The van der Waals surface area contributed by atoms with Gasteiger partial charge in [0.05, 0.1) is 7.11 Å². The molecule has 1 amide bonds. The number of para-hydroxylation sites is 1. The van der Waals surface area contributed by atoms with E-state index in [1.807, 2.05) is 37.3 Å². The molecule has 0 aliphatic carbocycles. The van der Waals surface area contributed by atoms with E-state index < -0.39 is 12.1 Å². The van der Waals surface area contributed by atoms with E-state index in [-0.39, 0.29) is 5.91 Å². The van der Waals surface area contributed by atoms with Gasteiger partial charge in [-0.05, 0) is 44.0 Å². The highest BCUT2D eigenvalue weighted by atomic mass is 16.5. The first-order valence-corrected chi connectivity index (χ1v) is 8.26. The van der Waals surface area contributed by atoms with E-state index in [2.05, 4.69) is 0 Å². The number of anilines is 1. The molecule has 130 valence electrons. The molecule has 0 fully saturated rings. The van der Waals surface area contributed by atoms with Crippen LogP contribution in [-0.2, 0) is 16.0 Å². The van der Waals surface area contributed by atoms with E-state index in [1.54, 1.807) is 24.0 Å². The summed E-state index contributed by atoms with van der Waals surface area (Å²) in [5.41, 5.74) is 3.27. The summed E-state index contributed by atoms with van der Waals surface area (Å²) >= 11 is 0. The molecule has 0 bridgehead atoms. The van der Waals surface area contributed by atoms with Gasteiger partial charge in [0.2, 0.25) is 0 Å². The fraction of sp³-hybridized carbons (Fsp3) is 0.300. The topological polar surface area (TPSA) is 55.8 Å². The van der Waals surface area contributed by atoms with E-state index in [9.17, 15) is 9.59 Å². The van der Waals surface area contributed by atoms with Crippen LogP contribution in [0.4, 0.5) is 5.69 Å². The average Bonchev–Trinajstić information content (AvgIpc) is 3.05. The van der Waals surface area contributed by atoms with Gasteiger partial charge >= 0.3 is 5.97 Å². The van der Waals surface area contributed by atoms with Gasteiger partial charge < -0.3 is 14.4 Å². The lowest BCUT2D eigenvalue weighted by molar-refractivity contribution is -0.126. The highest BCUT2D eigenvalue weighted by Gasteiger charge is 2.30. The first kappa shape index (κ1) is 17.0. The molecule has 3 rings (SSSR count). The maximum Gasteiger partial charge on any atom is 0.342 e. The minimum atomic E-state index is -0.871. The smallest absolute Gasteiger partial charge is 0.342 e. The van der Waals surface area contributed by atoms with Gasteiger partial charge in [-0.25, -0.2) is 4.79 Å². The Hall–Kier alpha value is -2.82. The van der Waals surface area contributed by atoms with Crippen molar-refractivity contribution in [1.29, 1.82) is 0 Å². The third kappa shape index (κ3) is 3.36. The summed E-state index contributed by atoms with van der Waals surface area (Å²) in [6, 6.07) is 13.1. The first-order valence-electron chi connectivity index (χ1n) is 8.26. The third-order valence-electron chi connectivity index (χ3n) is 4.36. The standard InChI is InChI=1S/C20H21NO4/c1-13-8-9-18(24-3)16(12-13)20(23)25-14(2)19(22)21-11-10-15-6-4-5-7-17(15)21/h4-9,12,14H,10-11H2,1-3H3/t14-/m0/s1. The molecule has 1 heterocycles. The highest BCUT2D eigenvalue weighted by molar-refractivity contribution is 6.01. The first-order chi connectivity index (χ1) is 12.0. The number of aryl methyl sites for hydroxylation is 1. The number of benzene rings is 2. The maximum atomic E-state index is 12.7. The average molecular weight is 339 g/mol. The molecule has 0 aromatic heterocycles. The van der Waals surface area contributed by atoms with Crippen molar-refractivity contribution in [3.05, 3.63) is 59.2 Å². The summed E-state index contributed by atoms with van der Waals surface area (Å²) < 4.78 is 10.6. The molecule has 0 N–H and O–H groups in total. The molecule has 5 heteroatoms. The summed E-state index contributed by atoms with van der Waals surface area (Å²) in [4.78, 5) is 26.9. The van der Waals surface area contributed by atoms with E-state index in [1.165, 1.54) is 7.11 Å². The van der Waals surface area contributed by atoms with Crippen LogP contribution >= 0.6 is 0 Å². The van der Waals surface area contributed by atoms with Crippen molar-refractivity contribution in [3.63, 3.8) is 0 Å². The number of nitrogens with zero attached hydrogens (tertiary/aromatic N) is 1. The van der Waals surface area contributed by atoms with Crippen molar-refractivity contribution in [2.45, 2.75) is 26.4 Å². The Morgan fingerprint density at radius 3 is 2.68 bits per heavy atom. The maximum absolute atomic E-state index is 12.7. The molecule has 1 aliphatic rings. The van der Waals surface area contributed by atoms with Crippen molar-refractivity contribution in [3.8, 4) is 5.75 Å². The zero-order chi connectivity index (χ0) is 18.0. The van der Waals surface area contributed by atoms with Crippen molar-refractivity contribution in [1.82, 2.24) is 0 Å². The minimum absolute atomic E-state index is 0.218. The summed E-state index contributed by atoms with van der Waals surface area (Å²) in [6.07, 6.45) is -0.0576. The van der Waals surface area contributed by atoms with E-state index in [4.69, 9.17) is 9.47 Å². The second kappa shape index (κ2) is 6.97. The molecule has 0 radical (unpaired) electrons. The molecule has 1 aliphatic heterocycles. The molecule has 0 unspecified atom stereocenters. The van der Waals surface area contributed by atoms with E-state index in [0.29, 0.717) is 17.9 Å². The fourth-order valence-corrected chi connectivity index (χ4v) is 3.04. The Labute approximate surface area is 147 Å². The van der Waals surface area contributed by atoms with Crippen LogP contribution in [0.15, 0.2) is 42.5 Å². The van der Waals surface area contributed by atoms with Gasteiger partial charge in [-0.1, -0.05) is 29.8 Å². The number of fused-ring (bicyclic) bond motifs is 1. The molecule has 0 saturated heterocycles. The Morgan fingerprint density at radius 1 is 1.16 bits per heavy atom. The minimum Gasteiger partial charge on any atom is -0.496 e. The lowest BCUT2D eigenvalue weighted by Crippen LogP contribution is -2.39. The zero-order valence-corrected chi connectivity index (χ0v) is 14.6. The predicted octanol–water partition coefficient (Wildman–Crippen LogP) is 3.14. The molecule has 1 atom stereocenters. The lowest BCUT2D eigenvalue weighted by atomic mass is 10.1. The Balaban J connectivity index is 1.74. The van der Waals surface area contributed by atoms with Crippen molar-refractivity contribution in [2.75, 3.05) is 18.6 Å². The van der Waals surface area contributed by atoms with Gasteiger partial charge in [0.1, 0.15) is 11.3 Å². The van der Waals surface area contributed by atoms with E-state index in [0.717, 1.165) is 23.2 Å². The van der Waals surface area contributed by atoms with Crippen LogP contribution in [0, 0.1) is 6.92 Å². The van der Waals surface area contributed by atoms with Crippen LogP contribution in [0.3, 0.4) is 0 Å². The number of ether oxygens (including phenoxy) is 2. The summed E-state index contributed by atoms with van der Waals surface area (Å²) in [5.74, 6) is -0.347. The molecular formula is C20H21NO4. The van der Waals surface area contributed by atoms with E-state index >= 15 is 0 Å². The quantitative estimate of drug-likeness (QED) is 0.803. The predicted molar refractivity (Wildman–Crippen MR) is 95.1 cm³/mol. The molecular weight excluding hydrogens is 318 g/mol. The summed E-state index contributed by atoms with van der Waals surface area (Å²) in [6.45, 7) is 4.09.